The Morgan fingerprint density at radius 1 is 1.14 bits per heavy atom. The number of hydrogen-bond acceptors (Lipinski definition) is 5. The van der Waals surface area contributed by atoms with Crippen molar-refractivity contribution in [3.8, 4) is 11.3 Å². The summed E-state index contributed by atoms with van der Waals surface area (Å²) in [7, 11) is 0. The smallest absolute Gasteiger partial charge is 0.303 e. The lowest BCUT2D eigenvalue weighted by atomic mass is 9.86. The lowest BCUT2D eigenvalue weighted by molar-refractivity contribution is -0.145. The second kappa shape index (κ2) is 4.94. The van der Waals surface area contributed by atoms with Crippen molar-refractivity contribution in [2.24, 2.45) is 0 Å². The van der Waals surface area contributed by atoms with E-state index in [1.165, 1.54) is 6.92 Å². The molecule has 1 heterocycles. The van der Waals surface area contributed by atoms with Crippen molar-refractivity contribution in [1.29, 1.82) is 0 Å². The van der Waals surface area contributed by atoms with Crippen molar-refractivity contribution >= 4 is 17.5 Å². The summed E-state index contributed by atoms with van der Waals surface area (Å²) in [5.41, 5.74) is 1.58. The van der Waals surface area contributed by atoms with Gasteiger partial charge in [0.25, 0.3) is 0 Å². The van der Waals surface area contributed by atoms with Crippen LogP contribution in [0.3, 0.4) is 0 Å². The molecule has 0 aliphatic heterocycles. The highest BCUT2D eigenvalue weighted by atomic mass is 16.5. The van der Waals surface area contributed by atoms with Crippen molar-refractivity contribution < 1.29 is 23.5 Å². The lowest BCUT2D eigenvalue weighted by Crippen LogP contribution is -2.22. The number of fused-ring (bicyclic) bond motifs is 3. The zero-order chi connectivity index (χ0) is 16.0. The van der Waals surface area contributed by atoms with Crippen LogP contribution in [0.1, 0.15) is 52.0 Å². The number of hydrogen-bond donors (Lipinski definition) is 0. The van der Waals surface area contributed by atoms with E-state index in [1.54, 1.807) is 38.1 Å². The molecule has 5 nitrogen and oxygen atoms in total. The average molecular weight is 298 g/mol. The summed E-state index contributed by atoms with van der Waals surface area (Å²) in [5, 5.41) is 0. The highest BCUT2D eigenvalue weighted by Crippen LogP contribution is 2.41. The lowest BCUT2D eigenvalue weighted by Gasteiger charge is -2.16. The van der Waals surface area contributed by atoms with Gasteiger partial charge in [-0.15, -0.1) is 0 Å². The minimum Gasteiger partial charge on any atom is -0.460 e. The summed E-state index contributed by atoms with van der Waals surface area (Å²) in [6, 6.07) is 6.82. The molecule has 3 rings (SSSR count). The maximum Gasteiger partial charge on any atom is 0.303 e. The van der Waals surface area contributed by atoms with Crippen molar-refractivity contribution in [3.05, 3.63) is 46.7 Å². The molecule has 22 heavy (non-hydrogen) atoms. The molecule has 1 aliphatic carbocycles. The largest absolute Gasteiger partial charge is 0.460 e. The molecule has 0 spiro atoms. The summed E-state index contributed by atoms with van der Waals surface area (Å²) in [6.07, 6.45) is -0.660. The predicted octanol–water partition coefficient (Wildman–Crippen LogP) is 3.26. The molecule has 1 aliphatic rings. The first-order valence-corrected chi connectivity index (χ1v) is 6.90. The van der Waals surface area contributed by atoms with Crippen LogP contribution in [0.25, 0.3) is 11.3 Å². The number of Topliss-reactive ketones (excluding diaryl/α,β-unsaturated/α-hetero) is 2. The molecule has 1 atom stereocenters. The third-order valence-electron chi connectivity index (χ3n) is 3.73. The Hall–Kier alpha value is -2.69. The summed E-state index contributed by atoms with van der Waals surface area (Å²) < 4.78 is 10.9. The van der Waals surface area contributed by atoms with Crippen LogP contribution >= 0.6 is 0 Å². The maximum atomic E-state index is 12.5. The van der Waals surface area contributed by atoms with E-state index in [9.17, 15) is 14.4 Å². The Morgan fingerprint density at radius 2 is 1.77 bits per heavy atom. The van der Waals surface area contributed by atoms with E-state index in [-0.39, 0.29) is 5.56 Å². The standard InChI is InChI=1S/C17H14O5/c1-8(21-10(3)18)13-9(2)22-17-12-7-5-4-6-11(12)15(19)16(20)14(13)17/h4-8H,1-3H3. The number of ether oxygens (including phenoxy) is 1. The zero-order valence-electron chi connectivity index (χ0n) is 12.4. The maximum absolute atomic E-state index is 12.5. The van der Waals surface area contributed by atoms with E-state index in [0.717, 1.165) is 0 Å². The van der Waals surface area contributed by atoms with E-state index in [4.69, 9.17) is 9.15 Å². The number of esters is 1. The average Bonchev–Trinajstić information content (AvgIpc) is 2.82. The molecule has 0 N–H and O–H groups in total. The molecule has 112 valence electrons. The van der Waals surface area contributed by atoms with Gasteiger partial charge in [-0.3, -0.25) is 14.4 Å². The molecule has 0 bridgehead atoms. The Balaban J connectivity index is 2.24. The summed E-state index contributed by atoms with van der Waals surface area (Å²) >= 11 is 0. The SMILES string of the molecule is CC(=O)OC(C)c1c(C)oc2c1C(=O)C(=O)c1ccccc1-2. The van der Waals surface area contributed by atoms with Crippen molar-refractivity contribution in [3.63, 3.8) is 0 Å². The van der Waals surface area contributed by atoms with Crippen LogP contribution in [0.2, 0.25) is 0 Å². The first-order chi connectivity index (χ1) is 10.4. The number of carbonyl (C=O) groups excluding carboxylic acids is 3. The van der Waals surface area contributed by atoms with E-state index >= 15 is 0 Å². The van der Waals surface area contributed by atoms with Crippen LogP contribution in [-0.4, -0.2) is 17.5 Å². The van der Waals surface area contributed by atoms with Gasteiger partial charge in [-0.1, -0.05) is 24.3 Å². The van der Waals surface area contributed by atoms with Gasteiger partial charge in [-0.2, -0.15) is 0 Å². The highest BCUT2D eigenvalue weighted by molar-refractivity contribution is 6.53. The van der Waals surface area contributed by atoms with E-state index in [2.05, 4.69) is 0 Å². The van der Waals surface area contributed by atoms with Crippen LogP contribution in [0.4, 0.5) is 0 Å². The second-order valence-corrected chi connectivity index (χ2v) is 5.23. The van der Waals surface area contributed by atoms with E-state index in [1.807, 2.05) is 0 Å². The Kier molecular flexibility index (Phi) is 3.20. The minimum absolute atomic E-state index is 0.204. The number of carbonyl (C=O) groups is 3. The molecule has 2 aromatic rings. The van der Waals surface area contributed by atoms with Crippen LogP contribution in [0, 0.1) is 6.92 Å². The van der Waals surface area contributed by atoms with Crippen LogP contribution in [-0.2, 0) is 9.53 Å². The van der Waals surface area contributed by atoms with Crippen molar-refractivity contribution in [2.75, 3.05) is 0 Å². The molecule has 0 saturated heterocycles. The number of ketones is 2. The van der Waals surface area contributed by atoms with Crippen LogP contribution < -0.4 is 0 Å². The van der Waals surface area contributed by atoms with Crippen molar-refractivity contribution in [2.45, 2.75) is 26.9 Å². The normalized spacial score (nSPS) is 14.3. The highest BCUT2D eigenvalue weighted by Gasteiger charge is 2.38. The first kappa shape index (κ1) is 14.3. The number of aryl methyl sites for hydroxylation is 1. The zero-order valence-corrected chi connectivity index (χ0v) is 12.4. The number of rotatable bonds is 2. The molecule has 0 amide bonds. The van der Waals surface area contributed by atoms with Gasteiger partial charge >= 0.3 is 5.97 Å². The molecule has 5 heteroatoms. The van der Waals surface area contributed by atoms with Gasteiger partial charge in [0.15, 0.2) is 0 Å². The van der Waals surface area contributed by atoms with E-state index in [0.29, 0.717) is 28.2 Å². The fourth-order valence-electron chi connectivity index (χ4n) is 2.88. The van der Waals surface area contributed by atoms with Crippen molar-refractivity contribution in [1.82, 2.24) is 0 Å². The molecule has 0 fully saturated rings. The number of furan rings is 1. The monoisotopic (exact) mass is 298 g/mol. The van der Waals surface area contributed by atoms with Gasteiger partial charge in [0.05, 0.1) is 5.56 Å². The van der Waals surface area contributed by atoms with Gasteiger partial charge in [-0.05, 0) is 13.8 Å². The fraction of sp³-hybridized carbons (Fsp3) is 0.235. The molecular weight excluding hydrogens is 284 g/mol. The van der Waals surface area contributed by atoms with Gasteiger partial charge in [0.2, 0.25) is 11.6 Å². The topological polar surface area (TPSA) is 73.6 Å². The third-order valence-corrected chi connectivity index (χ3v) is 3.73. The Bertz CT molecular complexity index is 812. The van der Waals surface area contributed by atoms with Crippen LogP contribution in [0.5, 0.6) is 0 Å². The minimum atomic E-state index is -0.660. The van der Waals surface area contributed by atoms with Crippen LogP contribution in [0.15, 0.2) is 28.7 Å². The number of benzene rings is 1. The third kappa shape index (κ3) is 1.97. The van der Waals surface area contributed by atoms with Gasteiger partial charge in [0.1, 0.15) is 17.6 Å². The summed E-state index contributed by atoms with van der Waals surface area (Å²) in [4.78, 5) is 35.9. The molecular formula is C17H14O5. The second-order valence-electron chi connectivity index (χ2n) is 5.23. The molecule has 1 unspecified atom stereocenters. The molecule has 0 saturated carbocycles. The first-order valence-electron chi connectivity index (χ1n) is 6.90. The molecule has 0 radical (unpaired) electrons. The Morgan fingerprint density at radius 3 is 2.41 bits per heavy atom. The molecule has 1 aromatic carbocycles. The van der Waals surface area contributed by atoms with Gasteiger partial charge < -0.3 is 9.15 Å². The fourth-order valence-corrected chi connectivity index (χ4v) is 2.88. The summed E-state index contributed by atoms with van der Waals surface area (Å²) in [6.45, 7) is 4.63. The van der Waals surface area contributed by atoms with E-state index < -0.39 is 23.6 Å². The molecule has 1 aromatic heterocycles. The predicted molar refractivity (Wildman–Crippen MR) is 77.7 cm³/mol. The van der Waals surface area contributed by atoms with Gasteiger partial charge in [-0.25, -0.2) is 0 Å². The Labute approximate surface area is 126 Å². The summed E-state index contributed by atoms with van der Waals surface area (Å²) in [5.74, 6) is -0.820. The quantitative estimate of drug-likeness (QED) is 0.628. The van der Waals surface area contributed by atoms with Gasteiger partial charge in [0, 0.05) is 23.6 Å².